The maximum atomic E-state index is 11.8. The highest BCUT2D eigenvalue weighted by molar-refractivity contribution is 8.15. The molecule has 1 fully saturated rings. The average molecular weight is 263 g/mol. The van der Waals surface area contributed by atoms with Crippen molar-refractivity contribution in [3.63, 3.8) is 0 Å². The van der Waals surface area contributed by atoms with E-state index in [-0.39, 0.29) is 23.4 Å². The Labute approximate surface area is 109 Å². The van der Waals surface area contributed by atoms with Gasteiger partial charge in [-0.25, -0.2) is 0 Å². The van der Waals surface area contributed by atoms with Crippen molar-refractivity contribution in [2.24, 2.45) is 0 Å². The predicted molar refractivity (Wildman–Crippen MR) is 71.7 cm³/mol. The Kier molecular flexibility index (Phi) is 3.66. The van der Waals surface area contributed by atoms with E-state index in [4.69, 9.17) is 5.41 Å². The minimum Gasteiger partial charge on any atom is -0.326 e. The number of benzene rings is 1. The van der Waals surface area contributed by atoms with Gasteiger partial charge in [0.25, 0.3) is 0 Å². The van der Waals surface area contributed by atoms with E-state index in [9.17, 15) is 9.59 Å². The van der Waals surface area contributed by atoms with Crippen molar-refractivity contribution in [2.75, 3.05) is 5.32 Å². The summed E-state index contributed by atoms with van der Waals surface area (Å²) in [6, 6.07) is 7.46. The summed E-state index contributed by atoms with van der Waals surface area (Å²) in [4.78, 5) is 23.1. The second kappa shape index (κ2) is 5.22. The molecule has 94 valence electrons. The Morgan fingerprint density at radius 2 is 2.33 bits per heavy atom. The second-order valence-electron chi connectivity index (χ2n) is 4.05. The summed E-state index contributed by atoms with van der Waals surface area (Å²) in [7, 11) is 0. The zero-order chi connectivity index (χ0) is 13.1. The Bertz CT molecular complexity index is 516. The van der Waals surface area contributed by atoms with E-state index in [1.54, 1.807) is 6.07 Å². The highest BCUT2D eigenvalue weighted by Gasteiger charge is 2.31. The van der Waals surface area contributed by atoms with Crippen molar-refractivity contribution in [3.05, 3.63) is 29.8 Å². The lowest BCUT2D eigenvalue weighted by Gasteiger charge is -2.07. The second-order valence-corrected chi connectivity index (χ2v) is 5.26. The topological polar surface area (TPSA) is 82.1 Å². The monoisotopic (exact) mass is 263 g/mol. The van der Waals surface area contributed by atoms with Crippen LogP contribution in [0, 0.1) is 12.3 Å². The first-order valence-corrected chi connectivity index (χ1v) is 6.35. The van der Waals surface area contributed by atoms with E-state index < -0.39 is 5.25 Å². The van der Waals surface area contributed by atoms with Crippen LogP contribution >= 0.6 is 11.8 Å². The lowest BCUT2D eigenvalue weighted by molar-refractivity contribution is -0.122. The van der Waals surface area contributed by atoms with Crippen molar-refractivity contribution < 1.29 is 9.59 Å². The molecule has 6 heteroatoms. The highest BCUT2D eigenvalue weighted by atomic mass is 32.2. The molecule has 1 aliphatic rings. The number of carbonyl (C=O) groups is 2. The maximum absolute atomic E-state index is 11.8. The van der Waals surface area contributed by atoms with Crippen LogP contribution in [0.3, 0.4) is 0 Å². The van der Waals surface area contributed by atoms with Gasteiger partial charge in [-0.1, -0.05) is 23.9 Å². The third-order valence-electron chi connectivity index (χ3n) is 2.46. The summed E-state index contributed by atoms with van der Waals surface area (Å²) >= 11 is 1.08. The molecule has 1 saturated heterocycles. The van der Waals surface area contributed by atoms with Crippen LogP contribution in [0.2, 0.25) is 0 Å². The number of hydrogen-bond donors (Lipinski definition) is 3. The summed E-state index contributed by atoms with van der Waals surface area (Å²) in [5.41, 5.74) is 1.78. The number of amides is 2. The number of rotatable bonds is 3. The Morgan fingerprint density at radius 1 is 1.56 bits per heavy atom. The number of hydrogen-bond acceptors (Lipinski definition) is 4. The molecule has 2 amide bonds. The van der Waals surface area contributed by atoms with Crippen LogP contribution < -0.4 is 10.6 Å². The van der Waals surface area contributed by atoms with E-state index in [0.717, 1.165) is 23.0 Å². The predicted octanol–water partition coefficient (Wildman–Crippen LogP) is 1.49. The molecule has 0 bridgehead atoms. The summed E-state index contributed by atoms with van der Waals surface area (Å²) in [5.74, 6) is -0.493. The molecule has 1 aliphatic heterocycles. The van der Waals surface area contributed by atoms with Crippen molar-refractivity contribution in [1.29, 1.82) is 5.41 Å². The fourth-order valence-corrected chi connectivity index (χ4v) is 2.50. The Morgan fingerprint density at radius 3 is 2.94 bits per heavy atom. The molecule has 3 N–H and O–H groups in total. The normalized spacial score (nSPS) is 18.6. The molecule has 1 atom stereocenters. The van der Waals surface area contributed by atoms with Crippen LogP contribution in [-0.4, -0.2) is 22.2 Å². The molecular formula is C12H13N3O2S. The lowest BCUT2D eigenvalue weighted by atomic mass is 10.2. The van der Waals surface area contributed by atoms with Gasteiger partial charge >= 0.3 is 0 Å². The Hall–Kier alpha value is -1.82. The molecule has 0 spiro atoms. The van der Waals surface area contributed by atoms with E-state index in [0.29, 0.717) is 0 Å². The first kappa shape index (κ1) is 12.6. The van der Waals surface area contributed by atoms with Crippen LogP contribution in [-0.2, 0) is 9.59 Å². The van der Waals surface area contributed by atoms with Crippen LogP contribution in [0.4, 0.5) is 5.69 Å². The van der Waals surface area contributed by atoms with Gasteiger partial charge in [-0.05, 0) is 24.6 Å². The van der Waals surface area contributed by atoms with Crippen molar-refractivity contribution >= 4 is 34.4 Å². The zero-order valence-electron chi connectivity index (χ0n) is 9.82. The van der Waals surface area contributed by atoms with E-state index in [1.165, 1.54) is 0 Å². The first-order chi connectivity index (χ1) is 8.54. The molecular weight excluding hydrogens is 250 g/mol. The quantitative estimate of drug-likeness (QED) is 0.772. The van der Waals surface area contributed by atoms with Gasteiger partial charge in [0.1, 0.15) is 5.25 Å². The molecule has 0 saturated carbocycles. The van der Waals surface area contributed by atoms with E-state index in [2.05, 4.69) is 10.6 Å². The summed E-state index contributed by atoms with van der Waals surface area (Å²) in [6.07, 6.45) is 0.0762. The number of nitrogens with one attached hydrogen (secondary N) is 3. The number of carbonyl (C=O) groups excluding carboxylic acids is 2. The van der Waals surface area contributed by atoms with Gasteiger partial charge < -0.3 is 10.6 Å². The maximum Gasteiger partial charge on any atom is 0.240 e. The lowest BCUT2D eigenvalue weighted by Crippen LogP contribution is -2.27. The molecule has 1 unspecified atom stereocenters. The molecule has 18 heavy (non-hydrogen) atoms. The summed E-state index contributed by atoms with van der Waals surface area (Å²) in [5, 5.41) is 12.0. The average Bonchev–Trinajstić information content (AvgIpc) is 2.57. The third kappa shape index (κ3) is 3.10. The molecule has 0 radical (unpaired) electrons. The minimum atomic E-state index is -0.498. The van der Waals surface area contributed by atoms with Crippen LogP contribution in [0.5, 0.6) is 0 Å². The van der Waals surface area contributed by atoms with Gasteiger partial charge in [0.15, 0.2) is 5.17 Å². The number of aryl methyl sites for hydroxylation is 1. The number of anilines is 1. The fourth-order valence-electron chi connectivity index (χ4n) is 1.66. The molecule has 0 aromatic heterocycles. The summed E-state index contributed by atoms with van der Waals surface area (Å²) in [6.45, 7) is 1.94. The van der Waals surface area contributed by atoms with Crippen molar-refractivity contribution in [1.82, 2.24) is 5.32 Å². The van der Waals surface area contributed by atoms with Gasteiger partial charge in [0.05, 0.1) is 0 Å². The van der Waals surface area contributed by atoms with Gasteiger partial charge in [-0.3, -0.25) is 15.0 Å². The zero-order valence-corrected chi connectivity index (χ0v) is 10.6. The van der Waals surface area contributed by atoms with E-state index in [1.807, 2.05) is 25.1 Å². The van der Waals surface area contributed by atoms with Gasteiger partial charge in [0, 0.05) is 12.1 Å². The molecule has 1 heterocycles. The molecule has 2 rings (SSSR count). The number of thioether (sulfide) groups is 1. The first-order valence-electron chi connectivity index (χ1n) is 5.47. The van der Waals surface area contributed by atoms with Crippen LogP contribution in [0.1, 0.15) is 12.0 Å². The minimum absolute atomic E-state index is 0.0762. The molecule has 1 aromatic rings. The van der Waals surface area contributed by atoms with Crippen molar-refractivity contribution in [3.8, 4) is 0 Å². The third-order valence-corrected chi connectivity index (χ3v) is 3.46. The standard InChI is InChI=1S/C12H13N3O2S/c1-7-3-2-4-8(5-7)14-10(16)6-9-11(17)15-12(13)18-9/h2-5,9H,6H2,1H3,(H,14,16)(H2,13,15,17). The molecule has 0 aliphatic carbocycles. The largest absolute Gasteiger partial charge is 0.326 e. The fraction of sp³-hybridized carbons (Fsp3) is 0.250. The van der Waals surface area contributed by atoms with Crippen molar-refractivity contribution in [2.45, 2.75) is 18.6 Å². The SMILES string of the molecule is Cc1cccc(NC(=O)CC2SC(=N)NC2=O)c1. The van der Waals surface area contributed by atoms with E-state index >= 15 is 0 Å². The molecule has 1 aromatic carbocycles. The van der Waals surface area contributed by atoms with Gasteiger partial charge in [-0.2, -0.15) is 0 Å². The number of amidine groups is 1. The smallest absolute Gasteiger partial charge is 0.240 e. The van der Waals surface area contributed by atoms with Crippen LogP contribution in [0.15, 0.2) is 24.3 Å². The summed E-state index contributed by atoms with van der Waals surface area (Å²) < 4.78 is 0. The van der Waals surface area contributed by atoms with Gasteiger partial charge in [0.2, 0.25) is 11.8 Å². The Balaban J connectivity index is 1.93. The van der Waals surface area contributed by atoms with Gasteiger partial charge in [-0.15, -0.1) is 0 Å². The van der Waals surface area contributed by atoms with Crippen LogP contribution in [0.25, 0.3) is 0 Å². The molecule has 5 nitrogen and oxygen atoms in total. The highest BCUT2D eigenvalue weighted by Crippen LogP contribution is 2.21.